The number of carbonyl (C=O) groups excluding carboxylic acids is 1. The van der Waals surface area contributed by atoms with Gasteiger partial charge in [0.25, 0.3) is 0 Å². The van der Waals surface area contributed by atoms with Crippen LogP contribution in [-0.4, -0.2) is 18.0 Å². The quantitative estimate of drug-likeness (QED) is 0.434. The van der Waals surface area contributed by atoms with Crippen molar-refractivity contribution in [3.8, 4) is 0 Å². The number of Topliss-reactive ketones (excluding diaryl/α,β-unsaturated/α-hetero) is 1. The monoisotopic (exact) mass is 192 g/mol. The average molecular weight is 192 g/mol. The van der Waals surface area contributed by atoms with Crippen LogP contribution in [0, 0.1) is 11.3 Å². The van der Waals surface area contributed by atoms with Crippen LogP contribution in [-0.2, 0) is 9.53 Å². The third kappa shape index (κ3) is 0.924. The van der Waals surface area contributed by atoms with E-state index >= 15 is 0 Å². The summed E-state index contributed by atoms with van der Waals surface area (Å²) in [5, 5.41) is 0. The van der Waals surface area contributed by atoms with Crippen LogP contribution < -0.4 is 0 Å². The third-order valence-electron chi connectivity index (χ3n) is 4.37. The number of ketones is 1. The minimum absolute atomic E-state index is 0.0536. The molecule has 0 amide bonds. The van der Waals surface area contributed by atoms with Gasteiger partial charge in [0.2, 0.25) is 0 Å². The first-order valence-electron chi connectivity index (χ1n) is 5.49. The van der Waals surface area contributed by atoms with Gasteiger partial charge in [-0.25, -0.2) is 0 Å². The second-order valence-corrected chi connectivity index (χ2v) is 5.22. The van der Waals surface area contributed by atoms with Crippen LogP contribution in [0.3, 0.4) is 0 Å². The highest BCUT2D eigenvalue weighted by molar-refractivity contribution is 5.88. The summed E-state index contributed by atoms with van der Waals surface area (Å²) in [5.41, 5.74) is 1.49. The Labute approximate surface area is 84.3 Å². The molecule has 0 N–H and O–H groups in total. The zero-order chi connectivity index (χ0) is 9.92. The fourth-order valence-electron chi connectivity index (χ4n) is 3.41. The van der Waals surface area contributed by atoms with Crippen LogP contribution in [0.25, 0.3) is 0 Å². The minimum atomic E-state index is -0.0536. The lowest BCUT2D eigenvalue weighted by Crippen LogP contribution is -2.44. The maximum Gasteiger partial charge on any atom is 0.164 e. The van der Waals surface area contributed by atoms with Crippen LogP contribution in [0.15, 0.2) is 12.2 Å². The summed E-state index contributed by atoms with van der Waals surface area (Å²) >= 11 is 0. The van der Waals surface area contributed by atoms with Crippen LogP contribution in [0.2, 0.25) is 0 Å². The maximum atomic E-state index is 11.6. The molecule has 3 rings (SSSR count). The lowest BCUT2D eigenvalue weighted by atomic mass is 9.59. The lowest BCUT2D eigenvalue weighted by molar-refractivity contribution is -0.123. The molecular formula is C12H16O2. The first kappa shape index (κ1) is 8.66. The zero-order valence-electron chi connectivity index (χ0n) is 8.58. The SMILES string of the molecule is C=C1CCC[C@]2(C)[C@@H]3O[C@@H]3C(=O)C[C@@H]12. The molecule has 0 bridgehead atoms. The van der Waals surface area contributed by atoms with Crippen molar-refractivity contribution in [2.45, 2.75) is 44.8 Å². The van der Waals surface area contributed by atoms with Gasteiger partial charge in [-0.3, -0.25) is 4.79 Å². The Hall–Kier alpha value is -0.630. The fourth-order valence-corrected chi connectivity index (χ4v) is 3.41. The minimum Gasteiger partial charge on any atom is -0.361 e. The molecule has 1 saturated heterocycles. The van der Waals surface area contributed by atoms with Crippen LogP contribution in [0.1, 0.15) is 32.6 Å². The normalized spacial score (nSPS) is 51.1. The van der Waals surface area contributed by atoms with Gasteiger partial charge in [-0.15, -0.1) is 0 Å². The van der Waals surface area contributed by atoms with Crippen molar-refractivity contribution >= 4 is 5.78 Å². The molecule has 0 unspecified atom stereocenters. The molecule has 2 heteroatoms. The van der Waals surface area contributed by atoms with Crippen molar-refractivity contribution in [2.75, 3.05) is 0 Å². The second kappa shape index (κ2) is 2.48. The summed E-state index contributed by atoms with van der Waals surface area (Å²) in [6.07, 6.45) is 4.35. The van der Waals surface area contributed by atoms with Gasteiger partial charge in [-0.2, -0.15) is 0 Å². The standard InChI is InChI=1S/C12H16O2/c1-7-4-3-5-12(2)8(7)6-9(13)10-11(12)14-10/h8,10-11H,1,3-6H2,2H3/t8-,10+,11+,12-/m0/s1. The molecule has 4 atom stereocenters. The largest absolute Gasteiger partial charge is 0.361 e. The van der Waals surface area contributed by atoms with Crippen LogP contribution in [0.5, 0.6) is 0 Å². The summed E-state index contributed by atoms with van der Waals surface area (Å²) in [6, 6.07) is 0. The molecule has 2 aliphatic carbocycles. The summed E-state index contributed by atoms with van der Waals surface area (Å²) in [6.45, 7) is 6.40. The van der Waals surface area contributed by atoms with Crippen molar-refractivity contribution in [2.24, 2.45) is 11.3 Å². The van der Waals surface area contributed by atoms with Gasteiger partial charge in [0.15, 0.2) is 5.78 Å². The first-order chi connectivity index (χ1) is 6.63. The van der Waals surface area contributed by atoms with Gasteiger partial charge >= 0.3 is 0 Å². The Morgan fingerprint density at radius 3 is 3.14 bits per heavy atom. The molecule has 76 valence electrons. The lowest BCUT2D eigenvalue weighted by Gasteiger charge is -2.43. The number of hydrogen-bond donors (Lipinski definition) is 0. The number of ether oxygens (including phenoxy) is 1. The van der Waals surface area contributed by atoms with Crippen molar-refractivity contribution in [1.29, 1.82) is 0 Å². The van der Waals surface area contributed by atoms with Crippen molar-refractivity contribution in [3.05, 3.63) is 12.2 Å². The number of allylic oxidation sites excluding steroid dienone is 1. The number of hydrogen-bond acceptors (Lipinski definition) is 2. The van der Waals surface area contributed by atoms with Gasteiger partial charge < -0.3 is 4.74 Å². The first-order valence-corrected chi connectivity index (χ1v) is 5.49. The van der Waals surface area contributed by atoms with E-state index in [1.54, 1.807) is 0 Å². The molecule has 1 heterocycles. The summed E-state index contributed by atoms with van der Waals surface area (Å²) in [7, 11) is 0. The molecule has 2 saturated carbocycles. The van der Waals surface area contributed by atoms with Crippen LogP contribution >= 0.6 is 0 Å². The number of carbonyl (C=O) groups is 1. The number of epoxide rings is 1. The van der Waals surface area contributed by atoms with E-state index in [4.69, 9.17) is 4.74 Å². The van der Waals surface area contributed by atoms with E-state index in [0.29, 0.717) is 18.1 Å². The molecule has 0 spiro atoms. The molecule has 2 nitrogen and oxygen atoms in total. The van der Waals surface area contributed by atoms with Crippen molar-refractivity contribution in [3.63, 3.8) is 0 Å². The summed E-state index contributed by atoms with van der Waals surface area (Å²) in [5.74, 6) is 0.702. The van der Waals surface area contributed by atoms with Gasteiger partial charge in [-0.05, 0) is 25.2 Å². The number of fused-ring (bicyclic) bond motifs is 3. The van der Waals surface area contributed by atoms with Crippen molar-refractivity contribution in [1.82, 2.24) is 0 Å². The molecule has 0 aromatic heterocycles. The van der Waals surface area contributed by atoms with E-state index in [0.717, 1.165) is 6.42 Å². The predicted molar refractivity (Wildman–Crippen MR) is 52.9 cm³/mol. The fraction of sp³-hybridized carbons (Fsp3) is 0.750. The van der Waals surface area contributed by atoms with Gasteiger partial charge in [0.1, 0.15) is 6.10 Å². The molecule has 0 aromatic rings. The Bertz CT molecular complexity index is 320. The molecule has 3 fully saturated rings. The number of rotatable bonds is 0. The Kier molecular flexibility index (Phi) is 1.54. The highest BCUT2D eigenvalue weighted by Gasteiger charge is 2.63. The maximum absolute atomic E-state index is 11.6. The molecule has 0 radical (unpaired) electrons. The van der Waals surface area contributed by atoms with E-state index in [1.807, 2.05) is 0 Å². The highest BCUT2D eigenvalue weighted by Crippen LogP contribution is 2.57. The third-order valence-corrected chi connectivity index (χ3v) is 4.37. The zero-order valence-corrected chi connectivity index (χ0v) is 8.58. The summed E-state index contributed by atoms with van der Waals surface area (Å²) < 4.78 is 5.52. The van der Waals surface area contributed by atoms with E-state index in [-0.39, 0.29) is 17.6 Å². The molecular weight excluding hydrogens is 176 g/mol. The average Bonchev–Trinajstić information content (AvgIpc) is 2.90. The smallest absolute Gasteiger partial charge is 0.164 e. The topological polar surface area (TPSA) is 29.6 Å². The Morgan fingerprint density at radius 1 is 1.57 bits per heavy atom. The Balaban J connectivity index is 1.97. The van der Waals surface area contributed by atoms with Gasteiger partial charge in [0.05, 0.1) is 6.10 Å². The predicted octanol–water partition coefficient (Wildman–Crippen LogP) is 2.09. The Morgan fingerprint density at radius 2 is 2.36 bits per heavy atom. The molecule has 0 aromatic carbocycles. The van der Waals surface area contributed by atoms with Crippen LogP contribution in [0.4, 0.5) is 0 Å². The van der Waals surface area contributed by atoms with E-state index < -0.39 is 0 Å². The second-order valence-electron chi connectivity index (χ2n) is 5.22. The van der Waals surface area contributed by atoms with Gasteiger partial charge in [-0.1, -0.05) is 19.1 Å². The van der Waals surface area contributed by atoms with E-state index in [9.17, 15) is 4.79 Å². The molecule has 3 aliphatic rings. The van der Waals surface area contributed by atoms with Crippen molar-refractivity contribution < 1.29 is 9.53 Å². The summed E-state index contributed by atoms with van der Waals surface area (Å²) in [4.78, 5) is 11.6. The molecule has 14 heavy (non-hydrogen) atoms. The van der Waals surface area contributed by atoms with E-state index in [1.165, 1.54) is 18.4 Å². The van der Waals surface area contributed by atoms with Gasteiger partial charge in [0, 0.05) is 11.8 Å². The highest BCUT2D eigenvalue weighted by atomic mass is 16.6. The van der Waals surface area contributed by atoms with E-state index in [2.05, 4.69) is 13.5 Å². The molecule has 1 aliphatic heterocycles.